The maximum absolute atomic E-state index is 12.1. The summed E-state index contributed by atoms with van der Waals surface area (Å²) in [6.45, 7) is 0. The molecule has 110 valence electrons. The first-order valence-corrected chi connectivity index (χ1v) is 8.01. The van der Waals surface area contributed by atoms with Crippen LogP contribution in [0.2, 0.25) is 0 Å². The Morgan fingerprint density at radius 2 is 2.10 bits per heavy atom. The number of hydrogen-bond donors (Lipinski definition) is 1. The Morgan fingerprint density at radius 1 is 1.33 bits per heavy atom. The molecule has 1 amide bonds. The van der Waals surface area contributed by atoms with Crippen LogP contribution in [0.3, 0.4) is 0 Å². The van der Waals surface area contributed by atoms with E-state index in [2.05, 4.69) is 58.3 Å². The quantitative estimate of drug-likeness (QED) is 0.523. The fraction of sp³-hybridized carbons (Fsp3) is 0.0769. The number of amides is 1. The zero-order chi connectivity index (χ0) is 15.4. The molecular formula is C13H9Br3N2O3. The second-order valence-electron chi connectivity index (χ2n) is 3.81. The van der Waals surface area contributed by atoms with Crippen molar-refractivity contribution in [2.24, 2.45) is 5.10 Å². The Hall–Kier alpha value is -1.12. The molecule has 5 nitrogen and oxygen atoms in total. The first-order valence-electron chi connectivity index (χ1n) is 5.63. The van der Waals surface area contributed by atoms with Crippen LogP contribution in [0.25, 0.3) is 0 Å². The fourth-order valence-corrected chi connectivity index (χ4v) is 2.47. The number of carbonyl (C=O) groups excluding carboxylic acids is 1. The van der Waals surface area contributed by atoms with Gasteiger partial charge in [0.15, 0.2) is 4.67 Å². The van der Waals surface area contributed by atoms with E-state index in [0.717, 1.165) is 8.95 Å². The smallest absolute Gasteiger partial charge is 0.275 e. The van der Waals surface area contributed by atoms with Crippen LogP contribution in [0.5, 0.6) is 5.75 Å². The second-order valence-corrected chi connectivity index (χ2v) is 6.30. The van der Waals surface area contributed by atoms with Crippen LogP contribution in [0.4, 0.5) is 0 Å². The van der Waals surface area contributed by atoms with Gasteiger partial charge in [0.05, 0.1) is 23.4 Å². The van der Waals surface area contributed by atoms with Gasteiger partial charge in [-0.3, -0.25) is 4.79 Å². The average molecular weight is 481 g/mol. The summed E-state index contributed by atoms with van der Waals surface area (Å²) in [6.07, 6.45) is 1.40. The van der Waals surface area contributed by atoms with Gasteiger partial charge in [-0.05, 0) is 50.1 Å². The first kappa shape index (κ1) is 16.3. The number of nitrogens with zero attached hydrogens (tertiary/aromatic N) is 1. The summed E-state index contributed by atoms with van der Waals surface area (Å²) < 4.78 is 12.5. The first-order chi connectivity index (χ1) is 10.0. The highest BCUT2D eigenvalue weighted by atomic mass is 79.9. The van der Waals surface area contributed by atoms with E-state index in [0.29, 0.717) is 21.7 Å². The highest BCUT2D eigenvalue weighted by molar-refractivity contribution is 9.13. The van der Waals surface area contributed by atoms with Crippen LogP contribution in [-0.4, -0.2) is 19.2 Å². The molecule has 8 heteroatoms. The predicted octanol–water partition coefficient (Wildman–Crippen LogP) is 4.34. The minimum Gasteiger partial charge on any atom is -0.496 e. The molecule has 0 saturated carbocycles. The van der Waals surface area contributed by atoms with E-state index in [1.165, 1.54) is 13.3 Å². The molecule has 1 aromatic carbocycles. The largest absolute Gasteiger partial charge is 0.496 e. The standard InChI is InChI=1S/C13H9Br3N2O3/c1-20-11-3-2-7(14)4-9(11)13(19)18-17-6-8-5-10(15)12(16)21-8/h2-6H,1H3,(H,18,19)/b17-6+. The van der Waals surface area contributed by atoms with Crippen molar-refractivity contribution in [3.63, 3.8) is 0 Å². The summed E-state index contributed by atoms with van der Waals surface area (Å²) in [7, 11) is 1.50. The molecule has 0 radical (unpaired) electrons. The van der Waals surface area contributed by atoms with Crippen LogP contribution in [-0.2, 0) is 0 Å². The van der Waals surface area contributed by atoms with Crippen molar-refractivity contribution >= 4 is 59.9 Å². The molecule has 2 rings (SSSR count). The summed E-state index contributed by atoms with van der Waals surface area (Å²) in [6, 6.07) is 6.86. The van der Waals surface area contributed by atoms with Gasteiger partial charge in [-0.2, -0.15) is 5.10 Å². The molecular weight excluding hydrogens is 472 g/mol. The van der Waals surface area contributed by atoms with Crippen molar-refractivity contribution in [1.82, 2.24) is 5.43 Å². The van der Waals surface area contributed by atoms with Crippen LogP contribution in [0.15, 0.2) is 47.4 Å². The molecule has 1 heterocycles. The lowest BCUT2D eigenvalue weighted by Crippen LogP contribution is -2.18. The van der Waals surface area contributed by atoms with Gasteiger partial charge in [-0.15, -0.1) is 0 Å². The van der Waals surface area contributed by atoms with Crippen molar-refractivity contribution in [2.45, 2.75) is 0 Å². The molecule has 1 aromatic heterocycles. The van der Waals surface area contributed by atoms with Gasteiger partial charge in [0.2, 0.25) is 0 Å². The monoisotopic (exact) mass is 478 g/mol. The summed E-state index contributed by atoms with van der Waals surface area (Å²) in [5.74, 6) is 0.582. The Labute approximate surface area is 146 Å². The average Bonchev–Trinajstić information content (AvgIpc) is 2.77. The lowest BCUT2D eigenvalue weighted by molar-refractivity contribution is 0.0952. The topological polar surface area (TPSA) is 63.8 Å². The van der Waals surface area contributed by atoms with Gasteiger partial charge in [0, 0.05) is 10.5 Å². The minimum absolute atomic E-state index is 0.380. The lowest BCUT2D eigenvalue weighted by atomic mass is 10.2. The van der Waals surface area contributed by atoms with E-state index < -0.39 is 0 Å². The lowest BCUT2D eigenvalue weighted by Gasteiger charge is -2.07. The third-order valence-electron chi connectivity index (χ3n) is 2.43. The molecule has 0 aliphatic heterocycles. The predicted molar refractivity (Wildman–Crippen MR) is 89.9 cm³/mol. The van der Waals surface area contributed by atoms with Crippen LogP contribution >= 0.6 is 47.8 Å². The molecule has 0 spiro atoms. The van der Waals surface area contributed by atoms with Gasteiger partial charge >= 0.3 is 0 Å². The van der Waals surface area contributed by atoms with Crippen molar-refractivity contribution in [3.8, 4) is 5.75 Å². The number of rotatable bonds is 4. The van der Waals surface area contributed by atoms with Crippen molar-refractivity contribution in [2.75, 3.05) is 7.11 Å². The molecule has 0 aliphatic carbocycles. The number of carbonyl (C=O) groups is 1. The number of hydrogen-bond acceptors (Lipinski definition) is 4. The number of hydrazone groups is 1. The van der Waals surface area contributed by atoms with Gasteiger partial charge in [0.25, 0.3) is 5.91 Å². The molecule has 0 unspecified atom stereocenters. The third-order valence-corrected chi connectivity index (χ3v) is 4.63. The molecule has 0 bridgehead atoms. The zero-order valence-corrected chi connectivity index (χ0v) is 15.5. The van der Waals surface area contributed by atoms with Crippen LogP contribution in [0.1, 0.15) is 16.1 Å². The van der Waals surface area contributed by atoms with Gasteiger partial charge in [-0.1, -0.05) is 15.9 Å². The Bertz CT molecular complexity index is 678. The Kier molecular flexibility index (Phi) is 5.60. The second kappa shape index (κ2) is 7.24. The molecule has 1 N–H and O–H groups in total. The maximum Gasteiger partial charge on any atom is 0.275 e. The number of methoxy groups -OCH3 is 1. The highest BCUT2D eigenvalue weighted by Gasteiger charge is 2.12. The summed E-state index contributed by atoms with van der Waals surface area (Å²) in [4.78, 5) is 12.1. The maximum atomic E-state index is 12.1. The van der Waals surface area contributed by atoms with Crippen LogP contribution in [0, 0.1) is 0 Å². The molecule has 0 aliphatic rings. The minimum atomic E-state index is -0.380. The van der Waals surface area contributed by atoms with Crippen molar-refractivity contribution in [1.29, 1.82) is 0 Å². The molecule has 21 heavy (non-hydrogen) atoms. The Balaban J connectivity index is 2.10. The molecule has 0 fully saturated rings. The molecule has 0 atom stereocenters. The van der Waals surface area contributed by atoms with E-state index in [-0.39, 0.29) is 5.91 Å². The van der Waals surface area contributed by atoms with Gasteiger partial charge in [-0.25, -0.2) is 5.43 Å². The van der Waals surface area contributed by atoms with Gasteiger partial charge < -0.3 is 9.15 Å². The fourth-order valence-electron chi connectivity index (χ4n) is 1.50. The highest BCUT2D eigenvalue weighted by Crippen LogP contribution is 2.26. The number of nitrogens with one attached hydrogen (secondary N) is 1. The van der Waals surface area contributed by atoms with E-state index in [9.17, 15) is 4.79 Å². The van der Waals surface area contributed by atoms with E-state index in [1.54, 1.807) is 24.3 Å². The number of benzene rings is 1. The number of halogens is 3. The van der Waals surface area contributed by atoms with E-state index in [1.807, 2.05) is 0 Å². The third kappa shape index (κ3) is 4.18. The van der Waals surface area contributed by atoms with Gasteiger partial charge in [0.1, 0.15) is 11.5 Å². The molecule has 0 saturated heterocycles. The van der Waals surface area contributed by atoms with Crippen molar-refractivity contribution < 1.29 is 13.9 Å². The normalized spacial score (nSPS) is 10.9. The van der Waals surface area contributed by atoms with E-state index in [4.69, 9.17) is 9.15 Å². The number of furan rings is 1. The van der Waals surface area contributed by atoms with Crippen LogP contribution < -0.4 is 10.2 Å². The number of ether oxygens (including phenoxy) is 1. The summed E-state index contributed by atoms with van der Waals surface area (Å²) in [5.41, 5.74) is 2.80. The summed E-state index contributed by atoms with van der Waals surface area (Å²) >= 11 is 9.82. The van der Waals surface area contributed by atoms with E-state index >= 15 is 0 Å². The Morgan fingerprint density at radius 3 is 2.71 bits per heavy atom. The SMILES string of the molecule is COc1ccc(Br)cc1C(=O)N/N=C/c1cc(Br)c(Br)o1. The van der Waals surface area contributed by atoms with Crippen molar-refractivity contribution in [3.05, 3.63) is 49.2 Å². The molecule has 2 aromatic rings. The summed E-state index contributed by atoms with van der Waals surface area (Å²) in [5, 5.41) is 3.85. The zero-order valence-electron chi connectivity index (χ0n) is 10.7.